The van der Waals surface area contributed by atoms with Crippen molar-refractivity contribution in [3.8, 4) is 5.75 Å². The maximum Gasteiger partial charge on any atom is 0.115 e. The van der Waals surface area contributed by atoms with Gasteiger partial charge in [-0.25, -0.2) is 0 Å². The van der Waals surface area contributed by atoms with E-state index >= 15 is 0 Å². The Balaban J connectivity index is 2.24. The molecule has 0 aromatic heterocycles. The third kappa shape index (κ3) is 1.87. The second-order valence-corrected chi connectivity index (χ2v) is 3.78. The lowest BCUT2D eigenvalue weighted by atomic mass is 9.94. The molecule has 0 fully saturated rings. The molecular weight excluding hydrogens is 172 g/mol. The Morgan fingerprint density at radius 3 is 2.50 bits per heavy atom. The molecule has 1 nitrogen and oxygen atoms in total. The van der Waals surface area contributed by atoms with Crippen LogP contribution >= 0.6 is 0 Å². The van der Waals surface area contributed by atoms with Crippen LogP contribution in [0, 0.1) is 5.92 Å². The van der Waals surface area contributed by atoms with Gasteiger partial charge in [0.15, 0.2) is 0 Å². The van der Waals surface area contributed by atoms with Crippen LogP contribution < -0.4 is 0 Å². The van der Waals surface area contributed by atoms with Crippen LogP contribution in [0.4, 0.5) is 0 Å². The molecule has 72 valence electrons. The summed E-state index contributed by atoms with van der Waals surface area (Å²) in [6.07, 6.45) is 7.73. The van der Waals surface area contributed by atoms with Crippen LogP contribution in [0.25, 0.3) is 5.57 Å². The van der Waals surface area contributed by atoms with E-state index in [1.165, 1.54) is 11.1 Å². The summed E-state index contributed by atoms with van der Waals surface area (Å²) in [5.74, 6) is 0.971. The molecule has 1 N–H and O–H groups in total. The summed E-state index contributed by atoms with van der Waals surface area (Å²) in [6.45, 7) is 2.21. The van der Waals surface area contributed by atoms with Gasteiger partial charge in [0.05, 0.1) is 0 Å². The molecule has 0 spiro atoms. The quantitative estimate of drug-likeness (QED) is 0.713. The third-order valence-electron chi connectivity index (χ3n) is 2.51. The lowest BCUT2D eigenvalue weighted by Gasteiger charge is -2.11. The van der Waals surface area contributed by atoms with Gasteiger partial charge in [0.2, 0.25) is 0 Å². The Labute approximate surface area is 84.4 Å². The first-order chi connectivity index (χ1) is 6.75. The number of phenolic OH excluding ortho intramolecular Hbond substituents is 1. The molecule has 1 unspecified atom stereocenters. The fourth-order valence-electron chi connectivity index (χ4n) is 1.60. The van der Waals surface area contributed by atoms with Gasteiger partial charge in [0.25, 0.3) is 0 Å². The normalized spacial score (nSPS) is 20.6. The average molecular weight is 186 g/mol. The molecule has 1 aliphatic carbocycles. The highest BCUT2D eigenvalue weighted by molar-refractivity contribution is 5.75. The largest absolute Gasteiger partial charge is 0.508 e. The molecule has 0 bridgehead atoms. The zero-order valence-electron chi connectivity index (χ0n) is 8.27. The summed E-state index contributed by atoms with van der Waals surface area (Å²) in [7, 11) is 0. The summed E-state index contributed by atoms with van der Waals surface area (Å²) in [6, 6.07) is 7.34. The molecule has 1 aromatic rings. The molecule has 0 aliphatic heterocycles. The summed E-state index contributed by atoms with van der Waals surface area (Å²) in [5.41, 5.74) is 2.43. The van der Waals surface area contributed by atoms with Crippen LogP contribution in [0.5, 0.6) is 5.75 Å². The number of rotatable bonds is 1. The number of benzene rings is 1. The minimum atomic E-state index is 0.322. The van der Waals surface area contributed by atoms with Crippen molar-refractivity contribution in [3.05, 3.63) is 48.1 Å². The van der Waals surface area contributed by atoms with Crippen molar-refractivity contribution in [3.63, 3.8) is 0 Å². The summed E-state index contributed by atoms with van der Waals surface area (Å²) in [5, 5.41) is 9.16. The monoisotopic (exact) mass is 186 g/mol. The van der Waals surface area contributed by atoms with Crippen molar-refractivity contribution >= 4 is 5.57 Å². The van der Waals surface area contributed by atoms with Crippen LogP contribution in [0.15, 0.2) is 42.5 Å². The molecule has 0 heterocycles. The number of allylic oxidation sites excluding steroid dienone is 4. The van der Waals surface area contributed by atoms with Gasteiger partial charge in [0.1, 0.15) is 5.75 Å². The fourth-order valence-corrected chi connectivity index (χ4v) is 1.60. The zero-order chi connectivity index (χ0) is 9.97. The predicted molar refractivity (Wildman–Crippen MR) is 59.0 cm³/mol. The molecule has 1 aromatic carbocycles. The van der Waals surface area contributed by atoms with Crippen molar-refractivity contribution in [2.45, 2.75) is 13.3 Å². The second-order valence-electron chi connectivity index (χ2n) is 3.78. The highest BCUT2D eigenvalue weighted by atomic mass is 16.3. The summed E-state index contributed by atoms with van der Waals surface area (Å²) in [4.78, 5) is 0. The minimum absolute atomic E-state index is 0.322. The van der Waals surface area contributed by atoms with E-state index in [-0.39, 0.29) is 0 Å². The topological polar surface area (TPSA) is 20.2 Å². The standard InChI is InChI=1S/C13H14O/c1-10-2-4-11(5-3-10)12-6-8-13(14)9-7-12/h2,4-10,14H,3H2,1H3. The van der Waals surface area contributed by atoms with Crippen molar-refractivity contribution in [2.75, 3.05) is 0 Å². The number of hydrogen-bond donors (Lipinski definition) is 1. The highest BCUT2D eigenvalue weighted by Gasteiger charge is 2.04. The maximum absolute atomic E-state index is 9.16. The molecule has 2 rings (SSSR count). The van der Waals surface area contributed by atoms with Gasteiger partial charge < -0.3 is 5.11 Å². The van der Waals surface area contributed by atoms with Crippen LogP contribution in [-0.4, -0.2) is 5.11 Å². The van der Waals surface area contributed by atoms with Gasteiger partial charge in [-0.05, 0) is 35.6 Å². The average Bonchev–Trinajstić information content (AvgIpc) is 2.21. The first-order valence-corrected chi connectivity index (χ1v) is 4.93. The van der Waals surface area contributed by atoms with Gasteiger partial charge in [-0.2, -0.15) is 0 Å². The Hall–Kier alpha value is -1.50. The van der Waals surface area contributed by atoms with Gasteiger partial charge in [0, 0.05) is 0 Å². The summed E-state index contributed by atoms with van der Waals surface area (Å²) >= 11 is 0. The van der Waals surface area contributed by atoms with E-state index in [1.807, 2.05) is 12.1 Å². The van der Waals surface area contributed by atoms with Gasteiger partial charge in [-0.15, -0.1) is 0 Å². The van der Waals surface area contributed by atoms with E-state index in [9.17, 15) is 0 Å². The lowest BCUT2D eigenvalue weighted by molar-refractivity contribution is 0.475. The van der Waals surface area contributed by atoms with E-state index in [0.29, 0.717) is 11.7 Å². The maximum atomic E-state index is 9.16. The number of aromatic hydroxyl groups is 1. The van der Waals surface area contributed by atoms with Gasteiger partial charge >= 0.3 is 0 Å². The van der Waals surface area contributed by atoms with Crippen molar-refractivity contribution in [2.24, 2.45) is 5.92 Å². The Bertz CT molecular complexity index is 371. The van der Waals surface area contributed by atoms with Crippen LogP contribution in [0.2, 0.25) is 0 Å². The molecule has 1 atom stereocenters. The highest BCUT2D eigenvalue weighted by Crippen LogP contribution is 2.24. The molecule has 0 saturated heterocycles. The van der Waals surface area contributed by atoms with Gasteiger partial charge in [-0.3, -0.25) is 0 Å². The van der Waals surface area contributed by atoms with E-state index < -0.39 is 0 Å². The minimum Gasteiger partial charge on any atom is -0.508 e. The molecule has 1 aliphatic rings. The Kier molecular flexibility index (Phi) is 2.40. The van der Waals surface area contributed by atoms with E-state index in [1.54, 1.807) is 12.1 Å². The Morgan fingerprint density at radius 2 is 1.93 bits per heavy atom. The van der Waals surface area contributed by atoms with Crippen molar-refractivity contribution < 1.29 is 5.11 Å². The van der Waals surface area contributed by atoms with E-state index in [4.69, 9.17) is 5.11 Å². The van der Waals surface area contributed by atoms with E-state index in [2.05, 4.69) is 25.2 Å². The first kappa shape index (κ1) is 9.07. The molecule has 14 heavy (non-hydrogen) atoms. The van der Waals surface area contributed by atoms with Crippen molar-refractivity contribution in [1.29, 1.82) is 0 Å². The Morgan fingerprint density at radius 1 is 1.21 bits per heavy atom. The summed E-state index contributed by atoms with van der Waals surface area (Å²) < 4.78 is 0. The SMILES string of the molecule is CC1C=CC(c2ccc(O)cc2)=CC1. The second kappa shape index (κ2) is 3.70. The molecule has 1 heteroatoms. The fraction of sp³-hybridized carbons (Fsp3) is 0.231. The van der Waals surface area contributed by atoms with Crippen LogP contribution in [-0.2, 0) is 0 Å². The predicted octanol–water partition coefficient (Wildman–Crippen LogP) is 3.37. The van der Waals surface area contributed by atoms with E-state index in [0.717, 1.165) is 6.42 Å². The molecule has 0 saturated carbocycles. The zero-order valence-corrected chi connectivity index (χ0v) is 8.27. The molecular formula is C13H14O. The van der Waals surface area contributed by atoms with Crippen molar-refractivity contribution in [1.82, 2.24) is 0 Å². The lowest BCUT2D eigenvalue weighted by Crippen LogP contribution is -1.93. The first-order valence-electron chi connectivity index (χ1n) is 4.93. The molecule has 0 radical (unpaired) electrons. The smallest absolute Gasteiger partial charge is 0.115 e. The van der Waals surface area contributed by atoms with Crippen LogP contribution in [0.3, 0.4) is 0 Å². The molecule has 0 amide bonds. The van der Waals surface area contributed by atoms with Gasteiger partial charge in [-0.1, -0.05) is 37.3 Å². The number of hydrogen-bond acceptors (Lipinski definition) is 1. The third-order valence-corrected chi connectivity index (χ3v) is 2.51. The van der Waals surface area contributed by atoms with Crippen LogP contribution in [0.1, 0.15) is 18.9 Å². The number of phenols is 1.